The highest BCUT2D eigenvalue weighted by Crippen LogP contribution is 2.39. The van der Waals surface area contributed by atoms with Gasteiger partial charge >= 0.3 is 0 Å². The molecule has 1 saturated heterocycles. The van der Waals surface area contributed by atoms with Gasteiger partial charge in [-0.1, -0.05) is 48.5 Å². The summed E-state index contributed by atoms with van der Waals surface area (Å²) in [5.41, 5.74) is 3.77. The van der Waals surface area contributed by atoms with E-state index in [9.17, 15) is 4.79 Å². The Bertz CT molecular complexity index is 1600. The quantitative estimate of drug-likeness (QED) is 0.258. The normalized spacial score (nSPS) is 16.8. The van der Waals surface area contributed by atoms with E-state index in [2.05, 4.69) is 42.3 Å². The zero-order valence-corrected chi connectivity index (χ0v) is 22.1. The summed E-state index contributed by atoms with van der Waals surface area (Å²) in [6, 6.07) is 29.7. The van der Waals surface area contributed by atoms with Gasteiger partial charge in [-0.25, -0.2) is 0 Å². The van der Waals surface area contributed by atoms with Crippen molar-refractivity contribution in [1.82, 2.24) is 24.8 Å². The molecule has 0 bridgehead atoms. The topological polar surface area (TPSA) is 75.1 Å². The van der Waals surface area contributed by atoms with Crippen LogP contribution in [0.5, 0.6) is 0 Å². The van der Waals surface area contributed by atoms with Crippen LogP contribution < -0.4 is 10.6 Å². The lowest BCUT2D eigenvalue weighted by Crippen LogP contribution is -2.33. The Kier molecular flexibility index (Phi) is 7.01. The van der Waals surface area contributed by atoms with Crippen LogP contribution in [0.2, 0.25) is 0 Å². The van der Waals surface area contributed by atoms with Crippen LogP contribution in [0.3, 0.4) is 0 Å². The molecule has 0 radical (unpaired) electrons. The molecule has 0 spiro atoms. The lowest BCUT2D eigenvalue weighted by atomic mass is 10.0. The maximum absolute atomic E-state index is 13.1. The Morgan fingerprint density at radius 2 is 1.69 bits per heavy atom. The van der Waals surface area contributed by atoms with Crippen LogP contribution in [-0.2, 0) is 11.3 Å². The van der Waals surface area contributed by atoms with Gasteiger partial charge in [0, 0.05) is 48.3 Å². The Hall–Kier alpha value is -4.56. The molecule has 2 N–H and O–H groups in total. The molecule has 2 aromatic carbocycles. The number of anilines is 1. The SMILES string of the molecule is O=C(CCN1C(=S)N[C@H](c2ccccn2)[C@@H]1c1cccn1Cc1ccccn1)Nc1cccc2ccccc12. The molecule has 0 saturated carbocycles. The second kappa shape index (κ2) is 11.0. The summed E-state index contributed by atoms with van der Waals surface area (Å²) in [5, 5.41) is 9.31. The standard InChI is InChI=1S/C31H28N6OS/c38-28(34-25-14-7-10-22-9-1-2-12-24(22)25)16-20-37-30(29(35-31(37)39)26-13-4-6-18-33-26)27-15-8-19-36(27)21-23-11-3-5-17-32-23/h1-15,17-19,29-30H,16,20-21H2,(H,34,38)(H,35,39)/t29-,30+/m1/s1. The molecule has 7 nitrogen and oxygen atoms in total. The van der Waals surface area contributed by atoms with Gasteiger partial charge in [0.15, 0.2) is 5.11 Å². The Morgan fingerprint density at radius 3 is 2.51 bits per heavy atom. The van der Waals surface area contributed by atoms with E-state index in [0.29, 0.717) is 18.2 Å². The van der Waals surface area contributed by atoms with Gasteiger partial charge in [-0.15, -0.1) is 0 Å². The van der Waals surface area contributed by atoms with Gasteiger partial charge in [0.1, 0.15) is 0 Å². The predicted octanol–water partition coefficient (Wildman–Crippen LogP) is 5.48. The first kappa shape index (κ1) is 24.8. The fourth-order valence-corrected chi connectivity index (χ4v) is 5.57. The largest absolute Gasteiger partial charge is 0.352 e. The van der Waals surface area contributed by atoms with Crippen LogP contribution in [0.15, 0.2) is 110 Å². The third-order valence-corrected chi connectivity index (χ3v) is 7.42. The molecule has 8 heteroatoms. The lowest BCUT2D eigenvalue weighted by Gasteiger charge is -2.28. The molecule has 2 atom stereocenters. The van der Waals surface area contributed by atoms with Gasteiger partial charge in [-0.3, -0.25) is 14.8 Å². The third kappa shape index (κ3) is 5.24. The van der Waals surface area contributed by atoms with Crippen molar-refractivity contribution in [3.63, 3.8) is 0 Å². The highest BCUT2D eigenvalue weighted by atomic mass is 32.1. The Balaban J connectivity index is 1.26. The fourth-order valence-electron chi connectivity index (χ4n) is 5.24. The van der Waals surface area contributed by atoms with Gasteiger partial charge in [0.25, 0.3) is 0 Å². The van der Waals surface area contributed by atoms with Crippen molar-refractivity contribution >= 4 is 39.7 Å². The molecule has 0 unspecified atom stereocenters. The van der Waals surface area contributed by atoms with Crippen LogP contribution >= 0.6 is 12.2 Å². The predicted molar refractivity (Wildman–Crippen MR) is 157 cm³/mol. The summed E-state index contributed by atoms with van der Waals surface area (Å²) in [6.45, 7) is 1.10. The number of aromatic nitrogens is 3. The number of hydrogen-bond donors (Lipinski definition) is 2. The van der Waals surface area contributed by atoms with Crippen molar-refractivity contribution in [3.05, 3.63) is 127 Å². The van der Waals surface area contributed by atoms with E-state index >= 15 is 0 Å². The van der Waals surface area contributed by atoms with E-state index in [1.165, 1.54) is 0 Å². The second-order valence-corrected chi connectivity index (χ2v) is 9.91. The molecule has 1 aliphatic rings. The molecule has 4 heterocycles. The van der Waals surface area contributed by atoms with Crippen molar-refractivity contribution in [2.45, 2.75) is 25.0 Å². The molecule has 6 rings (SSSR count). The van der Waals surface area contributed by atoms with Crippen LogP contribution in [0, 0.1) is 0 Å². The molecular weight excluding hydrogens is 504 g/mol. The van der Waals surface area contributed by atoms with Crippen molar-refractivity contribution in [3.8, 4) is 0 Å². The maximum Gasteiger partial charge on any atom is 0.226 e. The molecular formula is C31H28N6OS. The van der Waals surface area contributed by atoms with Crippen molar-refractivity contribution in [2.75, 3.05) is 11.9 Å². The summed E-state index contributed by atoms with van der Waals surface area (Å²) in [4.78, 5) is 24.4. The molecule has 1 amide bonds. The number of hydrogen-bond acceptors (Lipinski definition) is 4. The van der Waals surface area contributed by atoms with Gasteiger partial charge in [0.2, 0.25) is 5.91 Å². The first-order chi connectivity index (χ1) is 19.2. The molecule has 0 aliphatic carbocycles. The molecule has 1 aliphatic heterocycles. The summed E-state index contributed by atoms with van der Waals surface area (Å²) < 4.78 is 2.20. The van der Waals surface area contributed by atoms with Gasteiger partial charge < -0.3 is 20.1 Å². The van der Waals surface area contributed by atoms with E-state index < -0.39 is 0 Å². The van der Waals surface area contributed by atoms with Crippen LogP contribution in [0.25, 0.3) is 10.8 Å². The summed E-state index contributed by atoms with van der Waals surface area (Å²) >= 11 is 5.82. The van der Waals surface area contributed by atoms with E-state index in [-0.39, 0.29) is 24.4 Å². The average Bonchev–Trinajstić information content (AvgIpc) is 3.56. The molecule has 5 aromatic rings. The molecule has 1 fully saturated rings. The van der Waals surface area contributed by atoms with Gasteiger partial charge in [0.05, 0.1) is 30.0 Å². The van der Waals surface area contributed by atoms with Crippen molar-refractivity contribution in [1.29, 1.82) is 0 Å². The monoisotopic (exact) mass is 532 g/mol. The van der Waals surface area contributed by atoms with Gasteiger partial charge in [-0.2, -0.15) is 0 Å². The lowest BCUT2D eigenvalue weighted by molar-refractivity contribution is -0.116. The smallest absolute Gasteiger partial charge is 0.226 e. The third-order valence-electron chi connectivity index (χ3n) is 7.07. The van der Waals surface area contributed by atoms with E-state index in [1.54, 1.807) is 6.20 Å². The first-order valence-electron chi connectivity index (χ1n) is 13.0. The zero-order chi connectivity index (χ0) is 26.6. The molecule has 3 aromatic heterocycles. The number of nitrogens with one attached hydrogen (secondary N) is 2. The first-order valence-corrected chi connectivity index (χ1v) is 13.4. The minimum absolute atomic E-state index is 0.0574. The van der Waals surface area contributed by atoms with E-state index in [0.717, 1.165) is 33.5 Å². The number of pyridine rings is 2. The number of rotatable bonds is 8. The maximum atomic E-state index is 13.1. The average molecular weight is 533 g/mol. The van der Waals surface area contributed by atoms with E-state index in [4.69, 9.17) is 12.2 Å². The fraction of sp³-hybridized carbons (Fsp3) is 0.161. The number of thiocarbonyl (C=S) groups is 1. The number of amides is 1. The van der Waals surface area contributed by atoms with E-state index in [1.807, 2.05) is 91.1 Å². The summed E-state index contributed by atoms with van der Waals surface area (Å²) in [6.07, 6.45) is 5.95. The Labute approximate surface area is 232 Å². The minimum atomic E-state index is -0.155. The Morgan fingerprint density at radius 1 is 0.897 bits per heavy atom. The number of carbonyl (C=O) groups excluding carboxylic acids is 1. The number of nitrogens with zero attached hydrogens (tertiary/aromatic N) is 4. The molecule has 39 heavy (non-hydrogen) atoms. The number of carbonyl (C=O) groups is 1. The van der Waals surface area contributed by atoms with Gasteiger partial charge in [-0.05, 0) is 60.1 Å². The number of benzene rings is 2. The molecule has 194 valence electrons. The highest BCUT2D eigenvalue weighted by Gasteiger charge is 2.41. The summed E-state index contributed by atoms with van der Waals surface area (Å²) in [7, 11) is 0. The van der Waals surface area contributed by atoms with Crippen LogP contribution in [0.4, 0.5) is 5.69 Å². The summed E-state index contributed by atoms with van der Waals surface area (Å²) in [5.74, 6) is -0.0574. The van der Waals surface area contributed by atoms with Crippen molar-refractivity contribution in [2.24, 2.45) is 0 Å². The number of fused-ring (bicyclic) bond motifs is 1. The van der Waals surface area contributed by atoms with Crippen LogP contribution in [0.1, 0.15) is 35.6 Å². The minimum Gasteiger partial charge on any atom is -0.352 e. The zero-order valence-electron chi connectivity index (χ0n) is 21.3. The second-order valence-electron chi connectivity index (χ2n) is 9.53. The highest BCUT2D eigenvalue weighted by molar-refractivity contribution is 7.80. The van der Waals surface area contributed by atoms with Crippen LogP contribution in [-0.4, -0.2) is 37.0 Å². The van der Waals surface area contributed by atoms with Crippen molar-refractivity contribution < 1.29 is 4.79 Å².